The second-order valence-corrected chi connectivity index (χ2v) is 6.48. The predicted octanol–water partition coefficient (Wildman–Crippen LogP) is 2.96. The van der Waals surface area contributed by atoms with Crippen LogP contribution in [-0.2, 0) is 9.53 Å². The second kappa shape index (κ2) is 6.97. The number of rotatable bonds is 4. The summed E-state index contributed by atoms with van der Waals surface area (Å²) in [5.74, 6) is -0.350. The van der Waals surface area contributed by atoms with Crippen molar-refractivity contribution in [1.82, 2.24) is 9.82 Å². The molecule has 0 saturated heterocycles. The van der Waals surface area contributed by atoms with Gasteiger partial charge in [0.15, 0.2) is 7.05 Å². The van der Waals surface area contributed by atoms with Gasteiger partial charge in [-0.05, 0) is 6.92 Å². The number of esters is 1. The summed E-state index contributed by atoms with van der Waals surface area (Å²) in [6, 6.07) is 9.91. The molecule has 0 radical (unpaired) electrons. The number of hydrogen-bond donors (Lipinski definition) is 1. The Labute approximate surface area is 142 Å². The Balaban J connectivity index is 2.02. The minimum absolute atomic E-state index is 0.334. The van der Waals surface area contributed by atoms with Crippen LogP contribution in [0.15, 0.2) is 40.6 Å². The molecule has 0 aliphatic carbocycles. The molecule has 1 aliphatic heterocycles. The Bertz CT molecular complexity index is 782. The predicted molar refractivity (Wildman–Crippen MR) is 94.1 cm³/mol. The molecule has 5 nitrogen and oxygen atoms in total. The molecule has 0 fully saturated rings. The molecule has 0 spiro atoms. The number of hydrogen-bond acceptors (Lipinski definition) is 6. The minimum atomic E-state index is -0.350. The van der Waals surface area contributed by atoms with Crippen molar-refractivity contribution in [2.75, 3.05) is 13.7 Å². The average molecular weight is 346 g/mol. The van der Waals surface area contributed by atoms with E-state index in [2.05, 4.69) is 9.82 Å². The monoisotopic (exact) mass is 346 g/mol. The van der Waals surface area contributed by atoms with Crippen LogP contribution in [0.25, 0.3) is 16.8 Å². The van der Waals surface area contributed by atoms with Crippen LogP contribution >= 0.6 is 23.3 Å². The van der Waals surface area contributed by atoms with Crippen molar-refractivity contribution in [2.45, 2.75) is 6.92 Å². The molecule has 1 aromatic heterocycles. The molecule has 3 rings (SSSR count). The zero-order valence-corrected chi connectivity index (χ0v) is 14.4. The number of ether oxygens (including phenoxy) is 1. The highest BCUT2D eigenvalue weighted by molar-refractivity contribution is 8.02. The first-order valence-electron chi connectivity index (χ1n) is 7.12. The van der Waals surface area contributed by atoms with Crippen LogP contribution in [-0.4, -0.2) is 35.5 Å². The van der Waals surface area contributed by atoms with Crippen molar-refractivity contribution in [2.24, 2.45) is 0 Å². The maximum atomic E-state index is 12.4. The molecule has 2 aromatic rings. The summed E-state index contributed by atoms with van der Waals surface area (Å²) in [7, 11) is 1.88. The highest BCUT2D eigenvalue weighted by Crippen LogP contribution is 2.32. The van der Waals surface area contributed by atoms with E-state index in [-0.39, 0.29) is 5.97 Å². The van der Waals surface area contributed by atoms with Crippen molar-refractivity contribution >= 4 is 41.0 Å². The van der Waals surface area contributed by atoms with Crippen molar-refractivity contribution in [3.8, 4) is 11.3 Å². The maximum Gasteiger partial charge on any atom is 0.342 e. The fraction of sp³-hybridized carbons (Fsp3) is 0.188. The van der Waals surface area contributed by atoms with Crippen LogP contribution in [0.1, 0.15) is 11.9 Å². The number of nitrogens with zero attached hydrogens (tertiary/aromatic N) is 2. The average Bonchev–Trinajstić information content (AvgIpc) is 3.19. The van der Waals surface area contributed by atoms with E-state index in [1.165, 1.54) is 23.3 Å². The fourth-order valence-electron chi connectivity index (χ4n) is 2.09. The molecule has 23 heavy (non-hydrogen) atoms. The van der Waals surface area contributed by atoms with Crippen LogP contribution in [0.5, 0.6) is 0 Å². The summed E-state index contributed by atoms with van der Waals surface area (Å²) in [5, 5.41) is 2.62. The Morgan fingerprint density at radius 3 is 2.78 bits per heavy atom. The van der Waals surface area contributed by atoms with Gasteiger partial charge in [0, 0.05) is 10.9 Å². The number of aromatic nitrogens is 1. The van der Waals surface area contributed by atoms with Gasteiger partial charge in [-0.3, -0.25) is 0 Å². The normalized spacial score (nSPS) is 15.8. The minimum Gasteiger partial charge on any atom is -0.462 e. The van der Waals surface area contributed by atoms with Crippen LogP contribution in [0.2, 0.25) is 0 Å². The molecule has 1 aromatic carbocycles. The molecule has 0 unspecified atom stereocenters. The van der Waals surface area contributed by atoms with E-state index < -0.39 is 0 Å². The Morgan fingerprint density at radius 2 is 2.13 bits per heavy atom. The number of hydrazine groups is 1. The largest absolute Gasteiger partial charge is 0.462 e. The molecule has 0 saturated carbocycles. The standard InChI is InChI=1S/C16H15N3O2S2/c1-3-21-16(20)14(13-9-19(2)18-23-13)15-17-12(10-22-15)11-7-5-4-6-8-11/h4-10H,3H2,1-2H3/p+1. The molecule has 7 heteroatoms. The van der Waals surface area contributed by atoms with Gasteiger partial charge < -0.3 is 4.74 Å². The first kappa shape index (κ1) is 15.8. The van der Waals surface area contributed by atoms with Crippen molar-refractivity contribution in [1.29, 1.82) is 0 Å². The van der Waals surface area contributed by atoms with Crippen LogP contribution in [0.3, 0.4) is 0 Å². The summed E-state index contributed by atoms with van der Waals surface area (Å²) in [5.41, 5.74) is 2.39. The van der Waals surface area contributed by atoms with Crippen LogP contribution in [0, 0.1) is 0 Å². The Kier molecular flexibility index (Phi) is 4.78. The molecule has 1 N–H and O–H groups in total. The van der Waals surface area contributed by atoms with Crippen LogP contribution in [0.4, 0.5) is 0 Å². The van der Waals surface area contributed by atoms with E-state index in [1.54, 1.807) is 11.6 Å². The van der Waals surface area contributed by atoms with E-state index in [0.717, 1.165) is 16.2 Å². The molecule has 0 amide bonds. The van der Waals surface area contributed by atoms with Crippen LogP contribution < -0.4 is 4.83 Å². The summed E-state index contributed by atoms with van der Waals surface area (Å²) in [4.78, 5) is 20.9. The van der Waals surface area contributed by atoms with Gasteiger partial charge in [0.25, 0.3) is 0 Å². The fourth-order valence-corrected chi connectivity index (χ4v) is 3.82. The number of hydrazone groups is 1. The number of allylic oxidation sites excluding steroid dienone is 1. The highest BCUT2D eigenvalue weighted by Gasteiger charge is 2.27. The topological polar surface area (TPSA) is 54.2 Å². The number of thiazole rings is 1. The first-order chi connectivity index (χ1) is 11.2. The van der Waals surface area contributed by atoms with Crippen molar-refractivity contribution < 1.29 is 14.2 Å². The summed E-state index contributed by atoms with van der Waals surface area (Å²) >= 11 is 2.82. The summed E-state index contributed by atoms with van der Waals surface area (Å²) < 4.78 is 7.01. The molecule has 1 aliphatic rings. The Morgan fingerprint density at radius 1 is 1.35 bits per heavy atom. The lowest BCUT2D eigenvalue weighted by atomic mass is 10.2. The lowest BCUT2D eigenvalue weighted by Crippen LogP contribution is -2.11. The lowest BCUT2D eigenvalue weighted by molar-refractivity contribution is -0.525. The van der Waals surface area contributed by atoms with E-state index in [1.807, 2.05) is 49.0 Å². The molecule has 0 bridgehead atoms. The van der Waals surface area contributed by atoms with E-state index in [9.17, 15) is 4.79 Å². The van der Waals surface area contributed by atoms with Gasteiger partial charge in [0.1, 0.15) is 15.5 Å². The molecule has 0 atom stereocenters. The van der Waals surface area contributed by atoms with E-state index >= 15 is 0 Å². The molecule has 118 valence electrons. The third kappa shape index (κ3) is 3.46. The van der Waals surface area contributed by atoms with E-state index in [4.69, 9.17) is 4.74 Å². The number of carbonyl (C=O) groups excluding carboxylic acids is 1. The van der Waals surface area contributed by atoms with Crippen molar-refractivity contribution in [3.63, 3.8) is 0 Å². The molecule has 2 heterocycles. The van der Waals surface area contributed by atoms with Gasteiger partial charge in [-0.25, -0.2) is 9.78 Å². The SMILES string of the molecule is CCOC(=O)C(=C1C=[N+](C)NS1)c1nc(-c2ccccc2)cs1. The van der Waals surface area contributed by atoms with Gasteiger partial charge in [-0.15, -0.1) is 20.9 Å². The smallest absolute Gasteiger partial charge is 0.342 e. The zero-order valence-electron chi connectivity index (χ0n) is 12.8. The Hall–Kier alpha value is -2.12. The van der Waals surface area contributed by atoms with Gasteiger partial charge in [-0.1, -0.05) is 30.3 Å². The zero-order chi connectivity index (χ0) is 16.2. The van der Waals surface area contributed by atoms with E-state index in [0.29, 0.717) is 17.2 Å². The molecular formula is C16H16N3O2S2+. The van der Waals surface area contributed by atoms with Crippen molar-refractivity contribution in [3.05, 3.63) is 45.6 Å². The highest BCUT2D eigenvalue weighted by atomic mass is 32.2. The first-order valence-corrected chi connectivity index (χ1v) is 8.81. The number of carbonyl (C=O) groups is 1. The van der Waals surface area contributed by atoms with Gasteiger partial charge in [-0.2, -0.15) is 0 Å². The quantitative estimate of drug-likeness (QED) is 0.399. The second-order valence-electron chi connectivity index (χ2n) is 4.80. The number of benzene rings is 1. The summed E-state index contributed by atoms with van der Waals surface area (Å²) in [6.45, 7) is 2.13. The lowest BCUT2D eigenvalue weighted by Gasteiger charge is -2.04. The summed E-state index contributed by atoms with van der Waals surface area (Å²) in [6.07, 6.45) is 1.86. The third-order valence-corrected chi connectivity index (χ3v) is 4.89. The van der Waals surface area contributed by atoms with Gasteiger partial charge >= 0.3 is 5.97 Å². The van der Waals surface area contributed by atoms with Gasteiger partial charge in [0.05, 0.1) is 24.2 Å². The molecular weight excluding hydrogens is 330 g/mol. The third-order valence-electron chi connectivity index (χ3n) is 3.12. The number of nitrogens with one attached hydrogen (secondary N) is 1. The van der Waals surface area contributed by atoms with Gasteiger partial charge in [0.2, 0.25) is 6.21 Å². The maximum absolute atomic E-state index is 12.4.